The van der Waals surface area contributed by atoms with Gasteiger partial charge >= 0.3 is 0 Å². The first-order chi connectivity index (χ1) is 16.1. The van der Waals surface area contributed by atoms with Crippen LogP contribution in [0.4, 0.5) is 17.3 Å². The zero-order valence-corrected chi connectivity index (χ0v) is 19.1. The minimum absolute atomic E-state index is 0.304. The van der Waals surface area contributed by atoms with Crippen LogP contribution in [0.25, 0.3) is 11.1 Å². The molecule has 0 unspecified atom stereocenters. The van der Waals surface area contributed by atoms with Gasteiger partial charge in [0.05, 0.1) is 5.69 Å². The minimum Gasteiger partial charge on any atom is -0.480 e. The van der Waals surface area contributed by atoms with Crippen LogP contribution in [0.5, 0.6) is 5.75 Å². The zero-order chi connectivity index (χ0) is 22.4. The Kier molecular flexibility index (Phi) is 4.87. The lowest BCUT2D eigenvalue weighted by molar-refractivity contribution is 0.0327. The lowest BCUT2D eigenvalue weighted by Gasteiger charge is -2.45. The molecule has 0 bridgehead atoms. The summed E-state index contributed by atoms with van der Waals surface area (Å²) in [7, 11) is 2.19. The average molecular weight is 443 g/mol. The van der Waals surface area contributed by atoms with E-state index in [1.54, 1.807) is 0 Å². The fourth-order valence-electron chi connectivity index (χ4n) is 5.38. The molecule has 3 aliphatic heterocycles. The molecule has 33 heavy (non-hydrogen) atoms. The van der Waals surface area contributed by atoms with Crippen LogP contribution in [0.1, 0.15) is 18.5 Å². The number of rotatable bonds is 2. The van der Waals surface area contributed by atoms with Gasteiger partial charge in [0.1, 0.15) is 5.75 Å². The van der Waals surface area contributed by atoms with Crippen LogP contribution >= 0.6 is 0 Å². The van der Waals surface area contributed by atoms with Gasteiger partial charge in [-0.2, -0.15) is 0 Å². The van der Waals surface area contributed by atoms with E-state index in [0.29, 0.717) is 5.95 Å². The maximum atomic E-state index is 6.65. The van der Waals surface area contributed by atoms with Gasteiger partial charge in [-0.1, -0.05) is 18.2 Å². The fraction of sp³-hybridized carbons (Fsp3) is 0.385. The van der Waals surface area contributed by atoms with Gasteiger partial charge in [-0.05, 0) is 37.4 Å². The lowest BCUT2D eigenvalue weighted by atomic mass is 9.81. The summed E-state index contributed by atoms with van der Waals surface area (Å²) in [6.07, 6.45) is 3.56. The molecule has 2 saturated heterocycles. The Hall–Kier alpha value is -3.32. The first-order valence-corrected chi connectivity index (χ1v) is 11.8. The van der Waals surface area contributed by atoms with Crippen molar-refractivity contribution in [2.24, 2.45) is 0 Å². The number of piperidine rings is 1. The van der Waals surface area contributed by atoms with Crippen LogP contribution in [0.2, 0.25) is 0 Å². The summed E-state index contributed by atoms with van der Waals surface area (Å²) in [5.74, 6) is 1.21. The van der Waals surface area contributed by atoms with Crippen LogP contribution < -0.4 is 20.3 Å². The highest BCUT2D eigenvalue weighted by Crippen LogP contribution is 2.48. The summed E-state index contributed by atoms with van der Waals surface area (Å²) in [4.78, 5) is 16.3. The van der Waals surface area contributed by atoms with Gasteiger partial charge in [0.25, 0.3) is 0 Å². The number of anilines is 3. The number of likely N-dealkylation sites (N-methyl/N-ethyl adjacent to an activating group) is 1. The van der Waals surface area contributed by atoms with E-state index in [0.717, 1.165) is 74.7 Å². The second-order valence-corrected chi connectivity index (χ2v) is 9.38. The Balaban J connectivity index is 1.22. The van der Waals surface area contributed by atoms with Gasteiger partial charge < -0.3 is 25.2 Å². The summed E-state index contributed by atoms with van der Waals surface area (Å²) >= 11 is 0. The number of nitrogens with two attached hydrogens (primary N) is 1. The van der Waals surface area contributed by atoms with Crippen molar-refractivity contribution in [2.45, 2.75) is 18.4 Å². The van der Waals surface area contributed by atoms with E-state index in [1.165, 1.54) is 11.4 Å². The average Bonchev–Trinajstić information content (AvgIpc) is 2.85. The number of hydrogen-bond donors (Lipinski definition) is 1. The van der Waals surface area contributed by atoms with Crippen molar-refractivity contribution in [3.05, 3.63) is 60.4 Å². The third-order valence-electron chi connectivity index (χ3n) is 7.38. The Labute approximate surface area is 194 Å². The molecule has 1 aromatic heterocycles. The van der Waals surface area contributed by atoms with Crippen LogP contribution in [-0.2, 0) is 5.60 Å². The summed E-state index contributed by atoms with van der Waals surface area (Å²) in [6.45, 7) is 6.22. The molecule has 6 rings (SSSR count). The molecule has 7 nitrogen and oxygen atoms in total. The van der Waals surface area contributed by atoms with E-state index in [-0.39, 0.29) is 0 Å². The Morgan fingerprint density at radius 1 is 0.818 bits per heavy atom. The summed E-state index contributed by atoms with van der Waals surface area (Å²) in [6, 6.07) is 17.2. The topological polar surface area (TPSA) is 70.8 Å². The number of fused-ring (bicyclic) bond motifs is 4. The molecule has 7 heteroatoms. The van der Waals surface area contributed by atoms with Crippen LogP contribution in [-0.4, -0.2) is 61.2 Å². The van der Waals surface area contributed by atoms with E-state index in [4.69, 9.17) is 10.5 Å². The lowest BCUT2D eigenvalue weighted by Crippen LogP contribution is -2.48. The van der Waals surface area contributed by atoms with Crippen molar-refractivity contribution in [3.63, 3.8) is 0 Å². The molecule has 170 valence electrons. The SMILES string of the molecule is CN1CCN(c2ccc(N3CCC4(CC3)Oc3ccccc3-c3cnc(N)nc34)cc2)CC1. The van der Waals surface area contributed by atoms with Crippen molar-refractivity contribution in [1.29, 1.82) is 0 Å². The second-order valence-electron chi connectivity index (χ2n) is 9.38. The molecule has 0 radical (unpaired) electrons. The third kappa shape index (κ3) is 3.56. The van der Waals surface area contributed by atoms with Crippen molar-refractivity contribution in [2.75, 3.05) is 61.8 Å². The maximum absolute atomic E-state index is 6.65. The third-order valence-corrected chi connectivity index (χ3v) is 7.38. The number of benzene rings is 2. The number of hydrogen-bond acceptors (Lipinski definition) is 7. The van der Waals surface area contributed by atoms with E-state index in [2.05, 4.69) is 62.0 Å². The molecule has 2 fully saturated rings. The van der Waals surface area contributed by atoms with Crippen molar-refractivity contribution in [1.82, 2.24) is 14.9 Å². The molecule has 0 aliphatic carbocycles. The van der Waals surface area contributed by atoms with Gasteiger partial charge in [0.2, 0.25) is 5.95 Å². The second kappa shape index (κ2) is 7.92. The van der Waals surface area contributed by atoms with Crippen molar-refractivity contribution >= 4 is 17.3 Å². The smallest absolute Gasteiger partial charge is 0.220 e. The highest BCUT2D eigenvalue weighted by Gasteiger charge is 2.45. The highest BCUT2D eigenvalue weighted by atomic mass is 16.5. The largest absolute Gasteiger partial charge is 0.480 e. The summed E-state index contributed by atoms with van der Waals surface area (Å²) in [5, 5.41) is 0. The molecule has 4 heterocycles. The molecule has 3 aromatic rings. The number of aromatic nitrogens is 2. The number of nitrogen functional groups attached to an aromatic ring is 1. The molecule has 0 amide bonds. The van der Waals surface area contributed by atoms with Gasteiger partial charge in [-0.15, -0.1) is 0 Å². The minimum atomic E-state index is -0.461. The van der Waals surface area contributed by atoms with E-state index < -0.39 is 5.60 Å². The van der Waals surface area contributed by atoms with Gasteiger partial charge in [-0.3, -0.25) is 0 Å². The summed E-state index contributed by atoms with van der Waals surface area (Å²) in [5.41, 5.74) is 11.1. The Morgan fingerprint density at radius 3 is 2.15 bits per heavy atom. The van der Waals surface area contributed by atoms with E-state index in [1.807, 2.05) is 24.4 Å². The maximum Gasteiger partial charge on any atom is 0.220 e. The van der Waals surface area contributed by atoms with E-state index in [9.17, 15) is 0 Å². The summed E-state index contributed by atoms with van der Waals surface area (Å²) < 4.78 is 6.65. The highest BCUT2D eigenvalue weighted by molar-refractivity contribution is 5.75. The van der Waals surface area contributed by atoms with Crippen LogP contribution in [0.15, 0.2) is 54.7 Å². The number of nitrogens with zero attached hydrogens (tertiary/aromatic N) is 5. The van der Waals surface area contributed by atoms with Gasteiger partial charge in [0, 0.05) is 80.8 Å². The predicted molar refractivity (Wildman–Crippen MR) is 132 cm³/mol. The molecule has 2 aromatic carbocycles. The quantitative estimate of drug-likeness (QED) is 0.652. The fourth-order valence-corrected chi connectivity index (χ4v) is 5.38. The standard InChI is InChI=1S/C26H30N6O/c1-30-14-16-32(17-15-30)20-8-6-19(7-9-20)31-12-10-26(11-13-31)24-22(18-28-25(27)29-24)21-4-2-3-5-23(21)33-26/h2-9,18H,10-17H2,1H3,(H2,27,28,29). The van der Waals surface area contributed by atoms with Crippen molar-refractivity contribution in [3.8, 4) is 16.9 Å². The predicted octanol–water partition coefficient (Wildman–Crippen LogP) is 3.37. The molecular weight excluding hydrogens is 412 g/mol. The molecule has 2 N–H and O–H groups in total. The number of para-hydroxylation sites is 1. The molecule has 0 saturated carbocycles. The zero-order valence-electron chi connectivity index (χ0n) is 19.1. The van der Waals surface area contributed by atoms with Crippen molar-refractivity contribution < 1.29 is 4.74 Å². The molecule has 0 atom stereocenters. The first kappa shape index (κ1) is 20.3. The normalized spacial score (nSPS) is 19.7. The number of ether oxygens (including phenoxy) is 1. The molecule has 3 aliphatic rings. The monoisotopic (exact) mass is 442 g/mol. The van der Waals surface area contributed by atoms with Gasteiger partial charge in [0.15, 0.2) is 5.60 Å². The van der Waals surface area contributed by atoms with E-state index >= 15 is 0 Å². The van der Waals surface area contributed by atoms with Gasteiger partial charge in [-0.25, -0.2) is 9.97 Å². The Bertz CT molecular complexity index is 1150. The van der Waals surface area contributed by atoms with Crippen LogP contribution in [0, 0.1) is 0 Å². The Morgan fingerprint density at radius 2 is 1.45 bits per heavy atom. The first-order valence-electron chi connectivity index (χ1n) is 11.8. The number of piperazine rings is 1. The van der Waals surface area contributed by atoms with Crippen LogP contribution in [0.3, 0.4) is 0 Å². The molecular formula is C26H30N6O. The molecule has 1 spiro atoms.